The van der Waals surface area contributed by atoms with Crippen molar-refractivity contribution in [2.45, 2.75) is 44.2 Å². The van der Waals surface area contributed by atoms with Gasteiger partial charge in [-0.3, -0.25) is 4.90 Å². The minimum Gasteiger partial charge on any atom is -0.388 e. The van der Waals surface area contributed by atoms with Crippen LogP contribution < -0.4 is 0 Å². The SMILES string of the molecule is C[C@@]1(O)CCN2CCCC[C@@H]21. The Morgan fingerprint density at radius 3 is 2.91 bits per heavy atom. The lowest BCUT2D eigenvalue weighted by Gasteiger charge is -2.35. The standard InChI is InChI=1S/C9H17NO/c1-9(11)5-7-10-6-3-2-4-8(9)10/h8,11H,2-7H2,1H3/t8-,9-/m1/s1. The molecule has 1 N–H and O–H groups in total. The van der Waals surface area contributed by atoms with Gasteiger partial charge in [-0.25, -0.2) is 0 Å². The van der Waals surface area contributed by atoms with Crippen LogP contribution in [0.2, 0.25) is 0 Å². The Balaban J connectivity index is 2.10. The molecule has 2 heterocycles. The third-order valence-corrected chi connectivity index (χ3v) is 3.24. The maximum Gasteiger partial charge on any atom is 0.0786 e. The van der Waals surface area contributed by atoms with Gasteiger partial charge in [0, 0.05) is 12.6 Å². The van der Waals surface area contributed by atoms with Crippen LogP contribution in [0.5, 0.6) is 0 Å². The maximum absolute atomic E-state index is 9.95. The molecule has 11 heavy (non-hydrogen) atoms. The van der Waals surface area contributed by atoms with Crippen molar-refractivity contribution >= 4 is 0 Å². The van der Waals surface area contributed by atoms with E-state index in [-0.39, 0.29) is 5.60 Å². The number of hydrogen-bond donors (Lipinski definition) is 1. The molecule has 0 aromatic rings. The highest BCUT2D eigenvalue weighted by Gasteiger charge is 2.42. The topological polar surface area (TPSA) is 23.5 Å². The molecule has 0 saturated carbocycles. The fourth-order valence-electron chi connectivity index (χ4n) is 2.50. The van der Waals surface area contributed by atoms with Crippen molar-refractivity contribution in [2.24, 2.45) is 0 Å². The van der Waals surface area contributed by atoms with E-state index < -0.39 is 0 Å². The molecule has 2 aliphatic rings. The first-order valence-electron chi connectivity index (χ1n) is 4.66. The molecule has 2 atom stereocenters. The lowest BCUT2D eigenvalue weighted by molar-refractivity contribution is 0.00660. The van der Waals surface area contributed by atoms with Gasteiger partial charge in [0.25, 0.3) is 0 Å². The first-order chi connectivity index (χ1) is 5.20. The van der Waals surface area contributed by atoms with Gasteiger partial charge in [-0.1, -0.05) is 6.42 Å². The van der Waals surface area contributed by atoms with Gasteiger partial charge in [0.2, 0.25) is 0 Å². The molecule has 2 aliphatic heterocycles. The average molecular weight is 155 g/mol. The van der Waals surface area contributed by atoms with Gasteiger partial charge in [-0.15, -0.1) is 0 Å². The normalized spacial score (nSPS) is 45.8. The van der Waals surface area contributed by atoms with E-state index >= 15 is 0 Å². The van der Waals surface area contributed by atoms with Gasteiger partial charge in [-0.2, -0.15) is 0 Å². The first kappa shape index (κ1) is 7.56. The smallest absolute Gasteiger partial charge is 0.0786 e. The first-order valence-corrected chi connectivity index (χ1v) is 4.66. The lowest BCUT2D eigenvalue weighted by Crippen LogP contribution is -2.45. The maximum atomic E-state index is 9.95. The number of piperidine rings is 1. The lowest BCUT2D eigenvalue weighted by atomic mass is 9.91. The number of rotatable bonds is 0. The van der Waals surface area contributed by atoms with Crippen LogP contribution in [0.1, 0.15) is 32.6 Å². The zero-order chi connectivity index (χ0) is 7.90. The minimum atomic E-state index is -0.388. The molecule has 2 rings (SSSR count). The summed E-state index contributed by atoms with van der Waals surface area (Å²) >= 11 is 0. The average Bonchev–Trinajstić information content (AvgIpc) is 2.29. The van der Waals surface area contributed by atoms with Crippen molar-refractivity contribution in [3.63, 3.8) is 0 Å². The molecule has 0 spiro atoms. The van der Waals surface area contributed by atoms with Crippen molar-refractivity contribution in [1.29, 1.82) is 0 Å². The molecule has 2 fully saturated rings. The van der Waals surface area contributed by atoms with Crippen LogP contribution in [0, 0.1) is 0 Å². The molecule has 2 saturated heterocycles. The molecule has 0 aromatic heterocycles. The van der Waals surface area contributed by atoms with Gasteiger partial charge in [0.15, 0.2) is 0 Å². The van der Waals surface area contributed by atoms with E-state index in [9.17, 15) is 5.11 Å². The van der Waals surface area contributed by atoms with Crippen molar-refractivity contribution in [3.05, 3.63) is 0 Å². The Kier molecular flexibility index (Phi) is 1.69. The molecular formula is C9H17NO. The molecule has 2 heteroatoms. The van der Waals surface area contributed by atoms with Crippen molar-refractivity contribution in [2.75, 3.05) is 13.1 Å². The Morgan fingerprint density at radius 1 is 1.36 bits per heavy atom. The van der Waals surface area contributed by atoms with Crippen LogP contribution in [0.15, 0.2) is 0 Å². The predicted octanol–water partition coefficient (Wildman–Crippen LogP) is 0.996. The van der Waals surface area contributed by atoms with E-state index in [4.69, 9.17) is 0 Å². The summed E-state index contributed by atoms with van der Waals surface area (Å²) in [4.78, 5) is 2.45. The van der Waals surface area contributed by atoms with Gasteiger partial charge in [-0.05, 0) is 32.7 Å². The number of hydrogen-bond acceptors (Lipinski definition) is 2. The minimum absolute atomic E-state index is 0.388. The van der Waals surface area contributed by atoms with Crippen LogP contribution in [0.4, 0.5) is 0 Å². The van der Waals surface area contributed by atoms with Crippen LogP contribution >= 0.6 is 0 Å². The summed E-state index contributed by atoms with van der Waals surface area (Å²) in [5.74, 6) is 0. The third-order valence-electron chi connectivity index (χ3n) is 3.24. The Morgan fingerprint density at radius 2 is 2.18 bits per heavy atom. The summed E-state index contributed by atoms with van der Waals surface area (Å²) in [7, 11) is 0. The molecule has 0 unspecified atom stereocenters. The second kappa shape index (κ2) is 2.46. The second-order valence-corrected chi connectivity index (χ2v) is 4.15. The van der Waals surface area contributed by atoms with Crippen molar-refractivity contribution in [3.8, 4) is 0 Å². The zero-order valence-electron chi connectivity index (χ0n) is 7.21. The molecule has 0 bridgehead atoms. The fourth-order valence-corrected chi connectivity index (χ4v) is 2.50. The monoisotopic (exact) mass is 155 g/mol. The summed E-state index contributed by atoms with van der Waals surface area (Å²) in [5.41, 5.74) is -0.388. The Bertz CT molecular complexity index is 156. The highest BCUT2D eigenvalue weighted by Crippen LogP contribution is 2.34. The van der Waals surface area contributed by atoms with Crippen molar-refractivity contribution in [1.82, 2.24) is 4.90 Å². The van der Waals surface area contributed by atoms with Crippen LogP contribution in [-0.2, 0) is 0 Å². The third kappa shape index (κ3) is 1.18. The predicted molar refractivity (Wildman–Crippen MR) is 44.5 cm³/mol. The molecule has 64 valence electrons. The number of fused-ring (bicyclic) bond motifs is 1. The van der Waals surface area contributed by atoms with E-state index in [1.165, 1.54) is 25.8 Å². The van der Waals surface area contributed by atoms with E-state index in [1.54, 1.807) is 0 Å². The van der Waals surface area contributed by atoms with E-state index in [1.807, 2.05) is 6.92 Å². The van der Waals surface area contributed by atoms with Gasteiger partial charge >= 0.3 is 0 Å². The summed E-state index contributed by atoms with van der Waals surface area (Å²) in [6, 6.07) is 0.469. The Labute approximate surface area is 68.2 Å². The molecule has 0 radical (unpaired) electrons. The van der Waals surface area contributed by atoms with Gasteiger partial charge in [0.1, 0.15) is 0 Å². The van der Waals surface area contributed by atoms with Crippen LogP contribution in [0.3, 0.4) is 0 Å². The zero-order valence-corrected chi connectivity index (χ0v) is 7.21. The van der Waals surface area contributed by atoms with E-state index in [0.29, 0.717) is 6.04 Å². The molecule has 0 aliphatic carbocycles. The van der Waals surface area contributed by atoms with E-state index in [0.717, 1.165) is 13.0 Å². The second-order valence-electron chi connectivity index (χ2n) is 4.15. The number of aliphatic hydroxyl groups is 1. The quantitative estimate of drug-likeness (QED) is 0.564. The Hall–Kier alpha value is -0.0800. The van der Waals surface area contributed by atoms with Gasteiger partial charge < -0.3 is 5.11 Å². The summed E-state index contributed by atoms with van der Waals surface area (Å²) in [5, 5.41) is 9.95. The molecule has 2 nitrogen and oxygen atoms in total. The van der Waals surface area contributed by atoms with Crippen LogP contribution in [0.25, 0.3) is 0 Å². The highest BCUT2D eigenvalue weighted by molar-refractivity contribution is 4.98. The summed E-state index contributed by atoms with van der Waals surface area (Å²) < 4.78 is 0. The van der Waals surface area contributed by atoms with Gasteiger partial charge in [0.05, 0.1) is 5.60 Å². The number of nitrogens with zero attached hydrogens (tertiary/aromatic N) is 1. The molecule has 0 amide bonds. The summed E-state index contributed by atoms with van der Waals surface area (Å²) in [6.45, 7) is 4.31. The van der Waals surface area contributed by atoms with E-state index in [2.05, 4.69) is 4.90 Å². The summed E-state index contributed by atoms with van der Waals surface area (Å²) in [6.07, 6.45) is 4.80. The molecular weight excluding hydrogens is 138 g/mol. The van der Waals surface area contributed by atoms with Crippen LogP contribution in [-0.4, -0.2) is 34.7 Å². The fraction of sp³-hybridized carbons (Fsp3) is 1.00. The van der Waals surface area contributed by atoms with Crippen molar-refractivity contribution < 1.29 is 5.11 Å². The molecule has 0 aromatic carbocycles. The highest BCUT2D eigenvalue weighted by atomic mass is 16.3. The largest absolute Gasteiger partial charge is 0.388 e.